The maximum Gasteiger partial charge on any atom is 0.254 e. The lowest BCUT2D eigenvalue weighted by Gasteiger charge is -2.34. The number of amides is 1. The largest absolute Gasteiger partial charge is 0.383 e. The monoisotopic (exact) mass is 480 g/mol. The van der Waals surface area contributed by atoms with E-state index in [0.717, 1.165) is 67.0 Å². The lowest BCUT2D eigenvalue weighted by atomic mass is 10.0. The van der Waals surface area contributed by atoms with Crippen molar-refractivity contribution in [2.45, 2.75) is 40.8 Å². The highest BCUT2D eigenvalue weighted by atomic mass is 19.1. The SMILES string of the molecule is CCN1CCN(C(=O)c2cc(NCc3ccc(F)cc3C)c3c(c2)c(C)c(C)n3CCOC)CC1. The first-order valence-corrected chi connectivity index (χ1v) is 12.5. The van der Waals surface area contributed by atoms with Crippen LogP contribution in [-0.4, -0.2) is 66.7 Å². The summed E-state index contributed by atoms with van der Waals surface area (Å²) in [4.78, 5) is 17.9. The molecule has 1 amide bonds. The third-order valence-electron chi connectivity index (χ3n) is 7.38. The maximum absolute atomic E-state index is 13.6. The topological polar surface area (TPSA) is 49.7 Å². The second kappa shape index (κ2) is 10.8. The van der Waals surface area contributed by atoms with E-state index in [-0.39, 0.29) is 11.7 Å². The average Bonchev–Trinajstić information content (AvgIpc) is 3.11. The zero-order valence-corrected chi connectivity index (χ0v) is 21.6. The first kappa shape index (κ1) is 25.2. The Morgan fingerprint density at radius 2 is 1.83 bits per heavy atom. The Bertz CT molecular complexity index is 1210. The molecule has 7 heteroatoms. The van der Waals surface area contributed by atoms with Crippen LogP contribution in [0.3, 0.4) is 0 Å². The van der Waals surface area contributed by atoms with Gasteiger partial charge in [0.25, 0.3) is 5.91 Å². The summed E-state index contributed by atoms with van der Waals surface area (Å²) in [5.74, 6) is -0.158. The number of methoxy groups -OCH3 is 1. The minimum Gasteiger partial charge on any atom is -0.383 e. The number of hydrogen-bond donors (Lipinski definition) is 1. The first-order valence-electron chi connectivity index (χ1n) is 12.5. The second-order valence-electron chi connectivity index (χ2n) is 9.43. The molecule has 1 fully saturated rings. The first-order chi connectivity index (χ1) is 16.8. The Balaban J connectivity index is 1.73. The predicted octanol–water partition coefficient (Wildman–Crippen LogP) is 4.74. The van der Waals surface area contributed by atoms with E-state index in [4.69, 9.17) is 4.74 Å². The lowest BCUT2D eigenvalue weighted by molar-refractivity contribution is 0.0643. The molecule has 2 heterocycles. The van der Waals surface area contributed by atoms with Gasteiger partial charge in [0.15, 0.2) is 0 Å². The Kier molecular flexibility index (Phi) is 7.77. The molecular formula is C28H37FN4O2. The fraction of sp³-hybridized carbons (Fsp3) is 0.464. The molecule has 0 spiro atoms. The standard InChI is InChI=1S/C28H37FN4O2/c1-6-31-9-11-32(12-10-31)28(34)23-16-25-20(3)21(4)33(13-14-35-5)27(25)26(17-23)30-18-22-7-8-24(29)15-19(22)2/h7-8,15-17,30H,6,9-14,18H2,1-5H3. The van der Waals surface area contributed by atoms with Gasteiger partial charge >= 0.3 is 0 Å². The van der Waals surface area contributed by atoms with Crippen molar-refractivity contribution in [3.63, 3.8) is 0 Å². The number of carbonyl (C=O) groups is 1. The highest BCUT2D eigenvalue weighted by Gasteiger charge is 2.24. The third-order valence-corrected chi connectivity index (χ3v) is 7.38. The van der Waals surface area contributed by atoms with Gasteiger partial charge in [-0.1, -0.05) is 13.0 Å². The molecule has 0 saturated carbocycles. The zero-order chi connectivity index (χ0) is 25.1. The summed E-state index contributed by atoms with van der Waals surface area (Å²) in [7, 11) is 1.71. The van der Waals surface area contributed by atoms with E-state index in [0.29, 0.717) is 18.7 Å². The molecule has 3 aromatic rings. The molecule has 188 valence electrons. The van der Waals surface area contributed by atoms with Gasteiger partial charge in [-0.15, -0.1) is 0 Å². The van der Waals surface area contributed by atoms with Gasteiger partial charge < -0.3 is 24.4 Å². The molecule has 0 atom stereocenters. The molecule has 1 aliphatic rings. The number of likely N-dealkylation sites (N-methyl/N-ethyl adjacent to an activating group) is 1. The van der Waals surface area contributed by atoms with Gasteiger partial charge in [-0.2, -0.15) is 0 Å². The van der Waals surface area contributed by atoms with Crippen LogP contribution in [0.5, 0.6) is 0 Å². The van der Waals surface area contributed by atoms with Crippen molar-refractivity contribution < 1.29 is 13.9 Å². The fourth-order valence-electron chi connectivity index (χ4n) is 4.99. The van der Waals surface area contributed by atoms with Crippen molar-refractivity contribution in [2.75, 3.05) is 51.8 Å². The highest BCUT2D eigenvalue weighted by Crippen LogP contribution is 2.33. The average molecular weight is 481 g/mol. The summed E-state index contributed by atoms with van der Waals surface area (Å²) in [6, 6.07) is 8.89. The number of piperazine rings is 1. The number of ether oxygens (including phenoxy) is 1. The second-order valence-corrected chi connectivity index (χ2v) is 9.43. The van der Waals surface area contributed by atoms with E-state index < -0.39 is 0 Å². The summed E-state index contributed by atoms with van der Waals surface area (Å²) < 4.78 is 21.3. The van der Waals surface area contributed by atoms with E-state index in [1.807, 2.05) is 30.0 Å². The number of halogens is 1. The minimum atomic E-state index is -0.232. The van der Waals surface area contributed by atoms with E-state index in [1.54, 1.807) is 13.2 Å². The van der Waals surface area contributed by atoms with Crippen molar-refractivity contribution in [1.29, 1.82) is 0 Å². The van der Waals surface area contributed by atoms with Crippen LogP contribution >= 0.6 is 0 Å². The number of fused-ring (bicyclic) bond motifs is 1. The number of nitrogens with zero attached hydrogens (tertiary/aromatic N) is 3. The maximum atomic E-state index is 13.6. The van der Waals surface area contributed by atoms with E-state index >= 15 is 0 Å². The smallest absolute Gasteiger partial charge is 0.254 e. The van der Waals surface area contributed by atoms with Gasteiger partial charge in [0.05, 0.1) is 17.8 Å². The number of nitrogens with one attached hydrogen (secondary N) is 1. The number of aromatic nitrogens is 1. The summed E-state index contributed by atoms with van der Waals surface area (Å²) in [6.45, 7) is 14.5. The van der Waals surface area contributed by atoms with Crippen molar-refractivity contribution >= 4 is 22.5 Å². The van der Waals surface area contributed by atoms with E-state index in [9.17, 15) is 9.18 Å². The highest BCUT2D eigenvalue weighted by molar-refractivity contribution is 6.04. The van der Waals surface area contributed by atoms with Crippen LogP contribution in [0, 0.1) is 26.6 Å². The Morgan fingerprint density at radius 1 is 1.09 bits per heavy atom. The third kappa shape index (κ3) is 5.21. The van der Waals surface area contributed by atoms with Gasteiger partial charge in [0.2, 0.25) is 0 Å². The Morgan fingerprint density at radius 3 is 2.49 bits per heavy atom. The van der Waals surface area contributed by atoms with Gasteiger partial charge in [-0.3, -0.25) is 4.79 Å². The molecule has 1 aromatic heterocycles. The lowest BCUT2D eigenvalue weighted by Crippen LogP contribution is -2.48. The van der Waals surface area contributed by atoms with E-state index in [2.05, 4.69) is 35.6 Å². The Labute approximate surface area is 207 Å². The summed E-state index contributed by atoms with van der Waals surface area (Å²) in [5, 5.41) is 4.65. The molecule has 1 aliphatic heterocycles. The predicted molar refractivity (Wildman–Crippen MR) is 140 cm³/mol. The number of rotatable bonds is 8. The number of benzene rings is 2. The van der Waals surface area contributed by atoms with Crippen LogP contribution in [0.2, 0.25) is 0 Å². The van der Waals surface area contributed by atoms with Crippen molar-refractivity contribution in [2.24, 2.45) is 0 Å². The summed E-state index contributed by atoms with van der Waals surface area (Å²) >= 11 is 0. The molecule has 0 unspecified atom stereocenters. The van der Waals surface area contributed by atoms with Gasteiger partial charge in [-0.25, -0.2) is 4.39 Å². The van der Waals surface area contributed by atoms with Gasteiger partial charge in [0.1, 0.15) is 5.82 Å². The number of aryl methyl sites for hydroxylation is 2. The van der Waals surface area contributed by atoms with Gasteiger partial charge in [-0.05, 0) is 68.3 Å². The van der Waals surface area contributed by atoms with Crippen LogP contribution in [0.15, 0.2) is 30.3 Å². The van der Waals surface area contributed by atoms with Crippen LogP contribution in [0.25, 0.3) is 10.9 Å². The van der Waals surface area contributed by atoms with Crippen LogP contribution in [0.1, 0.15) is 39.7 Å². The molecule has 4 rings (SSSR count). The zero-order valence-electron chi connectivity index (χ0n) is 21.6. The number of hydrogen-bond acceptors (Lipinski definition) is 4. The Hall–Kier alpha value is -2.90. The number of anilines is 1. The van der Waals surface area contributed by atoms with Crippen LogP contribution in [-0.2, 0) is 17.8 Å². The molecule has 0 bridgehead atoms. The molecule has 2 aromatic carbocycles. The van der Waals surface area contributed by atoms with Crippen LogP contribution < -0.4 is 5.32 Å². The van der Waals surface area contributed by atoms with Crippen molar-refractivity contribution in [3.05, 3.63) is 64.1 Å². The molecular weight excluding hydrogens is 443 g/mol. The molecule has 1 saturated heterocycles. The quantitative estimate of drug-likeness (QED) is 0.506. The summed E-state index contributed by atoms with van der Waals surface area (Å²) in [6.07, 6.45) is 0. The normalized spacial score (nSPS) is 14.6. The molecule has 0 aliphatic carbocycles. The molecule has 35 heavy (non-hydrogen) atoms. The van der Waals surface area contributed by atoms with E-state index in [1.165, 1.54) is 17.3 Å². The van der Waals surface area contributed by atoms with Crippen LogP contribution in [0.4, 0.5) is 10.1 Å². The van der Waals surface area contributed by atoms with Crippen molar-refractivity contribution in [3.8, 4) is 0 Å². The minimum absolute atomic E-state index is 0.0744. The molecule has 6 nitrogen and oxygen atoms in total. The van der Waals surface area contributed by atoms with Gasteiger partial charge in [0, 0.05) is 63.0 Å². The fourth-order valence-corrected chi connectivity index (χ4v) is 4.99. The molecule has 1 N–H and O–H groups in total. The summed E-state index contributed by atoms with van der Waals surface area (Å²) in [5.41, 5.74) is 6.94. The molecule has 0 radical (unpaired) electrons. The van der Waals surface area contributed by atoms with Crippen molar-refractivity contribution in [1.82, 2.24) is 14.4 Å². The number of carbonyl (C=O) groups excluding carboxylic acids is 1.